The van der Waals surface area contributed by atoms with Crippen LogP contribution in [0.15, 0.2) is 30.3 Å². The van der Waals surface area contributed by atoms with Gasteiger partial charge in [0.2, 0.25) is 0 Å². The normalized spacial score (nSPS) is 31.3. The molecule has 42 heavy (non-hydrogen) atoms. The molecule has 0 spiro atoms. The van der Waals surface area contributed by atoms with Gasteiger partial charge in [-0.25, -0.2) is 0 Å². The highest BCUT2D eigenvalue weighted by atomic mass is 28.4. The third kappa shape index (κ3) is 8.88. The van der Waals surface area contributed by atoms with Crippen molar-refractivity contribution in [1.29, 1.82) is 0 Å². The first-order valence-corrected chi connectivity index (χ1v) is 19.2. The smallest absolute Gasteiger partial charge is 0.306 e. The van der Waals surface area contributed by atoms with E-state index >= 15 is 0 Å². The lowest BCUT2D eigenvalue weighted by Gasteiger charge is -2.53. The SMILES string of the molecule is C[C@@H](CCOCc1ccccc1)[C@@H]1OCCC[C@H]1OC(=O)CC[C@H]1O[C@H]2CCCO[C@@H]2C[C@]1(C)O[Si](C)(C)C(C)(C)C. The van der Waals surface area contributed by atoms with Crippen molar-refractivity contribution in [3.8, 4) is 0 Å². The lowest BCUT2D eigenvalue weighted by atomic mass is 9.83. The van der Waals surface area contributed by atoms with Gasteiger partial charge in [0.1, 0.15) is 6.10 Å². The van der Waals surface area contributed by atoms with Crippen LogP contribution >= 0.6 is 0 Å². The fraction of sp³-hybridized carbons (Fsp3) is 0.794. The van der Waals surface area contributed by atoms with Gasteiger partial charge in [0, 0.05) is 32.7 Å². The predicted molar refractivity (Wildman–Crippen MR) is 167 cm³/mol. The van der Waals surface area contributed by atoms with Crippen molar-refractivity contribution in [2.24, 2.45) is 5.92 Å². The van der Waals surface area contributed by atoms with Gasteiger partial charge in [-0.05, 0) is 75.1 Å². The second-order valence-electron chi connectivity index (χ2n) is 14.4. The number of benzene rings is 1. The minimum atomic E-state index is -2.09. The Morgan fingerprint density at radius 2 is 1.79 bits per heavy atom. The van der Waals surface area contributed by atoms with Crippen molar-refractivity contribution in [1.82, 2.24) is 0 Å². The van der Waals surface area contributed by atoms with Gasteiger partial charge in [-0.15, -0.1) is 0 Å². The highest BCUT2D eigenvalue weighted by molar-refractivity contribution is 6.74. The zero-order valence-electron chi connectivity index (χ0n) is 27.2. The molecule has 0 radical (unpaired) electrons. The highest BCUT2D eigenvalue weighted by Crippen LogP contribution is 2.45. The molecule has 3 saturated heterocycles. The Kier molecular flexibility index (Phi) is 11.7. The third-order valence-electron chi connectivity index (χ3n) is 9.89. The van der Waals surface area contributed by atoms with Gasteiger partial charge in [0.05, 0.1) is 36.6 Å². The van der Waals surface area contributed by atoms with Gasteiger partial charge in [-0.3, -0.25) is 4.79 Å². The molecule has 3 aliphatic heterocycles. The Hall–Kier alpha value is -1.29. The zero-order valence-corrected chi connectivity index (χ0v) is 28.2. The van der Waals surface area contributed by atoms with E-state index in [0.717, 1.165) is 45.1 Å². The van der Waals surface area contributed by atoms with Gasteiger partial charge >= 0.3 is 5.97 Å². The summed E-state index contributed by atoms with van der Waals surface area (Å²) >= 11 is 0. The molecule has 0 unspecified atom stereocenters. The largest absolute Gasteiger partial charge is 0.460 e. The van der Waals surface area contributed by atoms with Crippen LogP contribution in [0.1, 0.15) is 91.5 Å². The number of hydrogen-bond acceptors (Lipinski definition) is 7. The van der Waals surface area contributed by atoms with Crippen LogP contribution in [0.2, 0.25) is 18.1 Å². The van der Waals surface area contributed by atoms with Gasteiger partial charge in [-0.2, -0.15) is 0 Å². The molecule has 0 amide bonds. The number of carbonyl (C=O) groups excluding carboxylic acids is 1. The number of fused-ring (bicyclic) bond motifs is 1. The Morgan fingerprint density at radius 3 is 2.52 bits per heavy atom. The Balaban J connectivity index is 1.31. The van der Waals surface area contributed by atoms with Crippen LogP contribution in [0, 0.1) is 5.92 Å². The number of ether oxygens (including phenoxy) is 5. The average molecular weight is 605 g/mol. The highest BCUT2D eigenvalue weighted by Gasteiger charge is 2.52. The summed E-state index contributed by atoms with van der Waals surface area (Å²) in [4.78, 5) is 13.3. The summed E-state index contributed by atoms with van der Waals surface area (Å²) in [5.41, 5.74) is 0.664. The zero-order chi connectivity index (χ0) is 30.4. The molecule has 4 rings (SSSR count). The summed E-state index contributed by atoms with van der Waals surface area (Å²) in [5.74, 6) is 0.0494. The van der Waals surface area contributed by atoms with Crippen LogP contribution in [-0.4, -0.2) is 70.2 Å². The summed E-state index contributed by atoms with van der Waals surface area (Å²) in [6.45, 7) is 18.4. The van der Waals surface area contributed by atoms with E-state index in [2.05, 4.69) is 59.8 Å². The number of carbonyl (C=O) groups is 1. The fourth-order valence-electron chi connectivity index (χ4n) is 6.37. The fourth-order valence-corrected chi connectivity index (χ4v) is 8.05. The molecule has 3 aliphatic rings. The molecular formula is C34H56O7Si. The minimum Gasteiger partial charge on any atom is -0.460 e. The number of rotatable bonds is 12. The van der Waals surface area contributed by atoms with Crippen molar-refractivity contribution in [2.45, 2.75) is 147 Å². The summed E-state index contributed by atoms with van der Waals surface area (Å²) in [6, 6.07) is 10.2. The molecule has 1 aromatic rings. The van der Waals surface area contributed by atoms with Crippen molar-refractivity contribution in [3.05, 3.63) is 35.9 Å². The first-order chi connectivity index (χ1) is 19.9. The van der Waals surface area contributed by atoms with E-state index in [1.54, 1.807) is 0 Å². The van der Waals surface area contributed by atoms with E-state index in [1.807, 2.05) is 18.2 Å². The molecule has 8 heteroatoms. The maximum atomic E-state index is 13.3. The molecule has 0 saturated carbocycles. The van der Waals surface area contributed by atoms with Gasteiger partial charge in [0.25, 0.3) is 0 Å². The van der Waals surface area contributed by atoms with Gasteiger partial charge in [0.15, 0.2) is 8.32 Å². The summed E-state index contributed by atoms with van der Waals surface area (Å²) < 4.78 is 38.0. The third-order valence-corrected chi connectivity index (χ3v) is 14.5. The molecule has 7 nitrogen and oxygen atoms in total. The lowest BCUT2D eigenvalue weighted by Crippen LogP contribution is -2.61. The van der Waals surface area contributed by atoms with E-state index in [1.165, 1.54) is 5.56 Å². The molecule has 0 bridgehead atoms. The predicted octanol–water partition coefficient (Wildman–Crippen LogP) is 7.22. The van der Waals surface area contributed by atoms with Crippen LogP contribution in [0.5, 0.6) is 0 Å². The number of hydrogen-bond donors (Lipinski definition) is 0. The summed E-state index contributed by atoms with van der Waals surface area (Å²) in [5, 5.41) is 0.0725. The monoisotopic (exact) mass is 604 g/mol. The maximum Gasteiger partial charge on any atom is 0.306 e. The minimum absolute atomic E-state index is 0.0509. The van der Waals surface area contributed by atoms with Crippen LogP contribution in [0.3, 0.4) is 0 Å². The van der Waals surface area contributed by atoms with Gasteiger partial charge < -0.3 is 28.1 Å². The van der Waals surface area contributed by atoms with E-state index in [0.29, 0.717) is 32.7 Å². The molecule has 238 valence electrons. The van der Waals surface area contributed by atoms with Crippen molar-refractivity contribution in [2.75, 3.05) is 19.8 Å². The van der Waals surface area contributed by atoms with E-state index in [-0.39, 0.29) is 47.4 Å². The van der Waals surface area contributed by atoms with Crippen LogP contribution in [0.25, 0.3) is 0 Å². The number of esters is 1. The Morgan fingerprint density at radius 1 is 1.07 bits per heavy atom. The van der Waals surface area contributed by atoms with Crippen LogP contribution in [0.4, 0.5) is 0 Å². The molecule has 7 atom stereocenters. The molecule has 1 aromatic carbocycles. The quantitative estimate of drug-likeness (QED) is 0.142. The maximum absolute atomic E-state index is 13.3. The molecule has 3 fully saturated rings. The van der Waals surface area contributed by atoms with E-state index in [9.17, 15) is 4.79 Å². The van der Waals surface area contributed by atoms with Gasteiger partial charge in [-0.1, -0.05) is 58.0 Å². The van der Waals surface area contributed by atoms with E-state index < -0.39 is 13.9 Å². The molecule has 3 heterocycles. The second-order valence-corrected chi connectivity index (χ2v) is 19.2. The lowest BCUT2D eigenvalue weighted by molar-refractivity contribution is -0.231. The van der Waals surface area contributed by atoms with Crippen molar-refractivity contribution >= 4 is 14.3 Å². The molecule has 0 N–H and O–H groups in total. The first kappa shape index (κ1) is 33.6. The first-order valence-electron chi connectivity index (χ1n) is 16.3. The molecule has 0 aromatic heterocycles. The van der Waals surface area contributed by atoms with Crippen molar-refractivity contribution in [3.63, 3.8) is 0 Å². The summed E-state index contributed by atoms with van der Waals surface area (Å²) in [6.07, 6.45) is 5.87. The Labute approximate surface area is 255 Å². The summed E-state index contributed by atoms with van der Waals surface area (Å²) in [7, 11) is -2.09. The average Bonchev–Trinajstić information content (AvgIpc) is 2.94. The van der Waals surface area contributed by atoms with Crippen LogP contribution < -0.4 is 0 Å². The van der Waals surface area contributed by atoms with Crippen molar-refractivity contribution < 1.29 is 32.9 Å². The molecule has 0 aliphatic carbocycles. The topological polar surface area (TPSA) is 72.5 Å². The van der Waals surface area contributed by atoms with E-state index in [4.69, 9.17) is 28.1 Å². The van der Waals surface area contributed by atoms with Crippen LogP contribution in [-0.2, 0) is 39.5 Å². The Bertz CT molecular complexity index is 980. The standard InChI is InChI=1S/C34H56O7Si/c1-25(19-22-36-24-26-13-9-8-10-14-26)32-28(16-12-21-38-32)40-31(35)18-17-30-34(5,41-42(6,7)33(2,3)4)23-29-27(39-30)15-11-20-37-29/h8-10,13-14,25,27-30,32H,11-12,15-24H2,1-7H3/t25-,27-,28+,29+,30+,32-,34-/m0/s1. The second kappa shape index (κ2) is 14.7. The molecular weight excluding hydrogens is 548 g/mol.